The smallest absolute Gasteiger partial charge is 0.320 e. The topological polar surface area (TPSA) is 52.8 Å². The number of piperazine rings is 1. The largest absolute Gasteiger partial charge is 0.376 e. The van der Waals surface area contributed by atoms with E-state index >= 15 is 0 Å². The lowest BCUT2D eigenvalue weighted by molar-refractivity contribution is 0.136. The monoisotopic (exact) mass is 244 g/mol. The molecule has 16 heavy (non-hydrogen) atoms. The molecule has 0 bridgehead atoms. The first-order chi connectivity index (χ1) is 7.60. The fourth-order valence-corrected chi connectivity index (χ4v) is 1.99. The van der Waals surface area contributed by atoms with E-state index in [0.717, 1.165) is 26.2 Å². The highest BCUT2D eigenvalue weighted by Gasteiger charge is 2.23. The van der Waals surface area contributed by atoms with E-state index in [9.17, 15) is 4.79 Å². The Kier molecular flexibility index (Phi) is 4.79. The van der Waals surface area contributed by atoms with Gasteiger partial charge in [-0.1, -0.05) is 0 Å². The Hall–Kier alpha value is -1.04. The van der Waals surface area contributed by atoms with Crippen molar-refractivity contribution in [3.05, 3.63) is 0 Å². The van der Waals surface area contributed by atoms with Crippen LogP contribution in [0.25, 0.3) is 0 Å². The third kappa shape index (κ3) is 2.98. The zero-order valence-electron chi connectivity index (χ0n) is 9.98. The van der Waals surface area contributed by atoms with Crippen LogP contribution in [0.4, 0.5) is 4.79 Å². The highest BCUT2D eigenvalue weighted by molar-refractivity contribution is 7.80. The summed E-state index contributed by atoms with van der Waals surface area (Å²) < 4.78 is 0. The number of carbonyl (C=O) groups excluding carboxylic acids is 1. The molecule has 0 aromatic heterocycles. The molecule has 1 aliphatic heterocycles. The summed E-state index contributed by atoms with van der Waals surface area (Å²) in [7, 11) is 0. The van der Waals surface area contributed by atoms with Gasteiger partial charge in [-0.3, -0.25) is 0 Å². The van der Waals surface area contributed by atoms with Crippen LogP contribution in [-0.2, 0) is 0 Å². The van der Waals surface area contributed by atoms with Gasteiger partial charge in [0.15, 0.2) is 5.11 Å². The summed E-state index contributed by atoms with van der Waals surface area (Å²) in [4.78, 5) is 17.6. The third-order valence-electron chi connectivity index (χ3n) is 2.90. The summed E-state index contributed by atoms with van der Waals surface area (Å²) in [5, 5.41) is 0.426. The predicted octanol–water partition coefficient (Wildman–Crippen LogP) is 0.309. The van der Waals surface area contributed by atoms with Crippen LogP contribution in [0, 0.1) is 0 Å². The maximum absolute atomic E-state index is 12.0. The molecule has 0 aromatic rings. The molecule has 2 amide bonds. The number of rotatable bonds is 2. The van der Waals surface area contributed by atoms with Gasteiger partial charge in [0.2, 0.25) is 0 Å². The van der Waals surface area contributed by atoms with Gasteiger partial charge in [-0.15, -0.1) is 0 Å². The van der Waals surface area contributed by atoms with E-state index in [0.29, 0.717) is 18.2 Å². The van der Waals surface area contributed by atoms with Crippen LogP contribution in [0.2, 0.25) is 0 Å². The van der Waals surface area contributed by atoms with Gasteiger partial charge < -0.3 is 20.4 Å². The predicted molar refractivity (Wildman–Crippen MR) is 68.2 cm³/mol. The van der Waals surface area contributed by atoms with Gasteiger partial charge in [0, 0.05) is 39.3 Å². The summed E-state index contributed by atoms with van der Waals surface area (Å²) in [6, 6.07) is 0.118. The summed E-state index contributed by atoms with van der Waals surface area (Å²) >= 11 is 4.91. The number of amides is 2. The summed E-state index contributed by atoms with van der Waals surface area (Å²) in [5.74, 6) is 0. The van der Waals surface area contributed by atoms with Crippen molar-refractivity contribution in [3.63, 3.8) is 0 Å². The zero-order chi connectivity index (χ0) is 12.1. The summed E-state index contributed by atoms with van der Waals surface area (Å²) in [5.41, 5.74) is 5.54. The van der Waals surface area contributed by atoms with Crippen molar-refractivity contribution in [1.82, 2.24) is 14.7 Å². The van der Waals surface area contributed by atoms with E-state index in [1.165, 1.54) is 0 Å². The van der Waals surface area contributed by atoms with Crippen molar-refractivity contribution < 1.29 is 4.79 Å². The van der Waals surface area contributed by atoms with Crippen LogP contribution in [0.1, 0.15) is 13.8 Å². The van der Waals surface area contributed by atoms with E-state index in [1.807, 2.05) is 28.5 Å². The van der Waals surface area contributed by atoms with E-state index in [4.69, 9.17) is 18.0 Å². The second-order valence-electron chi connectivity index (χ2n) is 3.77. The Morgan fingerprint density at radius 1 is 1.19 bits per heavy atom. The van der Waals surface area contributed by atoms with Gasteiger partial charge >= 0.3 is 6.03 Å². The molecule has 0 aliphatic carbocycles. The lowest BCUT2D eigenvalue weighted by atomic mass is 10.3. The van der Waals surface area contributed by atoms with Crippen molar-refractivity contribution in [1.29, 1.82) is 0 Å². The van der Waals surface area contributed by atoms with Crippen LogP contribution in [-0.4, -0.2) is 65.1 Å². The molecule has 5 nitrogen and oxygen atoms in total. The summed E-state index contributed by atoms with van der Waals surface area (Å²) in [6.45, 7) is 8.37. The third-order valence-corrected chi connectivity index (χ3v) is 3.15. The minimum absolute atomic E-state index is 0.118. The van der Waals surface area contributed by atoms with Crippen molar-refractivity contribution in [3.8, 4) is 0 Å². The molecular weight excluding hydrogens is 224 g/mol. The average Bonchev–Trinajstić information content (AvgIpc) is 2.30. The van der Waals surface area contributed by atoms with Crippen LogP contribution >= 0.6 is 12.2 Å². The molecule has 0 unspecified atom stereocenters. The minimum Gasteiger partial charge on any atom is -0.376 e. The average molecular weight is 244 g/mol. The molecule has 1 aliphatic rings. The van der Waals surface area contributed by atoms with E-state index in [-0.39, 0.29) is 6.03 Å². The lowest BCUT2D eigenvalue weighted by Gasteiger charge is -2.37. The molecule has 0 saturated carbocycles. The molecule has 1 saturated heterocycles. The van der Waals surface area contributed by atoms with Crippen LogP contribution in [0.3, 0.4) is 0 Å². The van der Waals surface area contributed by atoms with Gasteiger partial charge in [-0.05, 0) is 26.1 Å². The Morgan fingerprint density at radius 3 is 2.00 bits per heavy atom. The van der Waals surface area contributed by atoms with Crippen LogP contribution in [0.15, 0.2) is 0 Å². The first-order valence-corrected chi connectivity index (χ1v) is 6.09. The fourth-order valence-electron chi connectivity index (χ4n) is 1.81. The van der Waals surface area contributed by atoms with E-state index in [2.05, 4.69) is 0 Å². The Bertz CT molecular complexity index is 260. The number of carbonyl (C=O) groups is 1. The van der Waals surface area contributed by atoms with Crippen molar-refractivity contribution in [2.75, 3.05) is 39.3 Å². The minimum atomic E-state index is 0.118. The molecule has 1 rings (SSSR count). The Balaban J connectivity index is 2.47. The molecule has 1 heterocycles. The lowest BCUT2D eigenvalue weighted by Crippen LogP contribution is -2.54. The maximum Gasteiger partial charge on any atom is 0.320 e. The quantitative estimate of drug-likeness (QED) is 0.710. The van der Waals surface area contributed by atoms with Crippen LogP contribution in [0.5, 0.6) is 0 Å². The van der Waals surface area contributed by atoms with E-state index < -0.39 is 0 Å². The normalized spacial score (nSPS) is 16.1. The number of urea groups is 1. The number of nitrogens with two attached hydrogens (primary N) is 1. The second kappa shape index (κ2) is 5.89. The number of hydrogen-bond donors (Lipinski definition) is 1. The molecular formula is C10H20N4OS. The number of thiocarbonyl (C=S) groups is 1. The molecule has 0 aromatic carbocycles. The van der Waals surface area contributed by atoms with Gasteiger partial charge in [0.05, 0.1) is 0 Å². The Labute approximate surface area is 102 Å². The van der Waals surface area contributed by atoms with Crippen LogP contribution < -0.4 is 5.73 Å². The van der Waals surface area contributed by atoms with E-state index in [1.54, 1.807) is 0 Å². The first kappa shape index (κ1) is 13.0. The SMILES string of the molecule is CCN(CC)C(=O)N1CCN(C(N)=S)CC1. The second-order valence-corrected chi connectivity index (χ2v) is 4.19. The Morgan fingerprint density at radius 2 is 1.62 bits per heavy atom. The molecule has 0 spiro atoms. The molecule has 1 fully saturated rings. The standard InChI is InChI=1S/C10H20N4OS/c1-3-12(4-2)10(15)14-7-5-13(6-8-14)9(11)16/h3-8H2,1-2H3,(H2,11,16). The molecule has 0 radical (unpaired) electrons. The zero-order valence-corrected chi connectivity index (χ0v) is 10.8. The first-order valence-electron chi connectivity index (χ1n) is 5.68. The van der Waals surface area contributed by atoms with Crippen molar-refractivity contribution in [2.24, 2.45) is 5.73 Å². The fraction of sp³-hybridized carbons (Fsp3) is 0.800. The van der Waals surface area contributed by atoms with Gasteiger partial charge in [-0.25, -0.2) is 4.79 Å². The summed E-state index contributed by atoms with van der Waals surface area (Å²) in [6.07, 6.45) is 0. The number of hydrogen-bond acceptors (Lipinski definition) is 2. The molecule has 0 atom stereocenters. The highest BCUT2D eigenvalue weighted by Crippen LogP contribution is 2.05. The molecule has 2 N–H and O–H groups in total. The van der Waals surface area contributed by atoms with Crippen molar-refractivity contribution in [2.45, 2.75) is 13.8 Å². The maximum atomic E-state index is 12.0. The van der Waals surface area contributed by atoms with Crippen molar-refractivity contribution >= 4 is 23.4 Å². The van der Waals surface area contributed by atoms with Gasteiger partial charge in [0.25, 0.3) is 0 Å². The molecule has 6 heteroatoms. The van der Waals surface area contributed by atoms with Gasteiger partial charge in [0.1, 0.15) is 0 Å². The highest BCUT2D eigenvalue weighted by atomic mass is 32.1. The van der Waals surface area contributed by atoms with Gasteiger partial charge in [-0.2, -0.15) is 0 Å². The number of nitrogens with zero attached hydrogens (tertiary/aromatic N) is 3. The molecule has 92 valence electrons.